The van der Waals surface area contributed by atoms with E-state index in [4.69, 9.17) is 4.42 Å². The predicted molar refractivity (Wildman–Crippen MR) is 90.9 cm³/mol. The van der Waals surface area contributed by atoms with E-state index in [1.54, 1.807) is 25.6 Å². The number of likely N-dealkylation sites (tertiary alicyclic amines) is 1. The number of furan rings is 1. The summed E-state index contributed by atoms with van der Waals surface area (Å²) in [6, 6.07) is 6.83. The zero-order chi connectivity index (χ0) is 16.9. The summed E-state index contributed by atoms with van der Waals surface area (Å²) in [6.07, 6.45) is 6.82. The standard InChI is InChI=1S/C18H23N3O3/c1-20-13-14(7-8-17(20)22)18(23)19-12-15(16-6-5-11-24-16)21-9-3-2-4-10-21/h5-8,11,13,15H,2-4,9-10,12H2,1H3,(H,19,23)/t15-/m0/s1. The maximum absolute atomic E-state index is 12.4. The van der Waals surface area contributed by atoms with Gasteiger partial charge in [-0.1, -0.05) is 6.42 Å². The van der Waals surface area contributed by atoms with Crippen LogP contribution in [0.2, 0.25) is 0 Å². The first-order valence-electron chi connectivity index (χ1n) is 8.37. The fourth-order valence-electron chi connectivity index (χ4n) is 3.14. The van der Waals surface area contributed by atoms with E-state index in [0.29, 0.717) is 12.1 Å². The van der Waals surface area contributed by atoms with Crippen LogP contribution >= 0.6 is 0 Å². The number of hydrogen-bond donors (Lipinski definition) is 1. The minimum Gasteiger partial charge on any atom is -0.468 e. The predicted octanol–water partition coefficient (Wildman–Crippen LogP) is 1.94. The molecule has 2 aromatic rings. The van der Waals surface area contributed by atoms with Crippen LogP contribution in [0.4, 0.5) is 0 Å². The van der Waals surface area contributed by atoms with Crippen LogP contribution in [-0.2, 0) is 7.05 Å². The number of carbonyl (C=O) groups excluding carboxylic acids is 1. The van der Waals surface area contributed by atoms with Crippen molar-refractivity contribution in [3.63, 3.8) is 0 Å². The number of aromatic nitrogens is 1. The van der Waals surface area contributed by atoms with Gasteiger partial charge in [0.25, 0.3) is 5.91 Å². The second kappa shape index (κ2) is 7.49. The minimum absolute atomic E-state index is 0.0387. The Labute approximate surface area is 141 Å². The summed E-state index contributed by atoms with van der Waals surface area (Å²) in [6.45, 7) is 2.51. The SMILES string of the molecule is Cn1cc(C(=O)NC[C@@H](c2ccco2)N2CCCCC2)ccc1=O. The highest BCUT2D eigenvalue weighted by molar-refractivity contribution is 5.93. The fraction of sp³-hybridized carbons (Fsp3) is 0.444. The number of hydrogen-bond acceptors (Lipinski definition) is 4. The van der Waals surface area contributed by atoms with E-state index >= 15 is 0 Å². The molecule has 6 nitrogen and oxygen atoms in total. The van der Waals surface area contributed by atoms with Crippen LogP contribution in [0.15, 0.2) is 45.9 Å². The molecule has 1 aliphatic heterocycles. The third-order valence-electron chi connectivity index (χ3n) is 4.51. The molecule has 2 aromatic heterocycles. The van der Waals surface area contributed by atoms with E-state index in [0.717, 1.165) is 18.8 Å². The average Bonchev–Trinajstić information content (AvgIpc) is 3.12. The Kier molecular flexibility index (Phi) is 5.15. The van der Waals surface area contributed by atoms with Gasteiger partial charge in [-0.25, -0.2) is 0 Å². The smallest absolute Gasteiger partial charge is 0.252 e. The lowest BCUT2D eigenvalue weighted by atomic mass is 10.1. The molecule has 1 saturated heterocycles. The number of amides is 1. The van der Waals surface area contributed by atoms with E-state index in [-0.39, 0.29) is 17.5 Å². The third-order valence-corrected chi connectivity index (χ3v) is 4.51. The Morgan fingerprint density at radius 2 is 2.04 bits per heavy atom. The first kappa shape index (κ1) is 16.5. The first-order chi connectivity index (χ1) is 11.6. The first-order valence-corrected chi connectivity index (χ1v) is 8.37. The summed E-state index contributed by atoms with van der Waals surface area (Å²) in [7, 11) is 1.64. The number of carbonyl (C=O) groups is 1. The van der Waals surface area contributed by atoms with E-state index in [9.17, 15) is 9.59 Å². The number of piperidine rings is 1. The van der Waals surface area contributed by atoms with Crippen LogP contribution in [0, 0.1) is 0 Å². The minimum atomic E-state index is -0.181. The number of nitrogens with one attached hydrogen (secondary N) is 1. The van der Waals surface area contributed by atoms with Crippen molar-refractivity contribution in [3.8, 4) is 0 Å². The van der Waals surface area contributed by atoms with Crippen molar-refractivity contribution in [1.29, 1.82) is 0 Å². The Balaban J connectivity index is 1.69. The van der Waals surface area contributed by atoms with E-state index in [2.05, 4.69) is 10.2 Å². The van der Waals surface area contributed by atoms with Crippen LogP contribution in [-0.4, -0.2) is 35.0 Å². The number of aryl methyl sites for hydroxylation is 1. The van der Waals surface area contributed by atoms with Gasteiger partial charge >= 0.3 is 0 Å². The molecule has 0 spiro atoms. The molecule has 1 aliphatic rings. The molecule has 3 rings (SSSR count). The molecule has 0 unspecified atom stereocenters. The van der Waals surface area contributed by atoms with Crippen molar-refractivity contribution in [1.82, 2.24) is 14.8 Å². The molecule has 0 radical (unpaired) electrons. The van der Waals surface area contributed by atoms with Crippen molar-refractivity contribution >= 4 is 5.91 Å². The molecule has 128 valence electrons. The van der Waals surface area contributed by atoms with Crippen molar-refractivity contribution in [2.45, 2.75) is 25.3 Å². The summed E-state index contributed by atoms with van der Waals surface area (Å²) in [5.74, 6) is 0.692. The molecule has 0 aliphatic carbocycles. The Bertz CT molecular complexity index is 730. The zero-order valence-electron chi connectivity index (χ0n) is 13.9. The highest BCUT2D eigenvalue weighted by Gasteiger charge is 2.25. The van der Waals surface area contributed by atoms with E-state index in [1.807, 2.05) is 12.1 Å². The lowest BCUT2D eigenvalue weighted by Gasteiger charge is -2.33. The average molecular weight is 329 g/mol. The molecule has 0 saturated carbocycles. The van der Waals surface area contributed by atoms with Gasteiger partial charge in [-0.3, -0.25) is 14.5 Å². The zero-order valence-corrected chi connectivity index (χ0v) is 13.9. The fourth-order valence-corrected chi connectivity index (χ4v) is 3.14. The number of nitrogens with zero attached hydrogens (tertiary/aromatic N) is 2. The molecule has 6 heteroatoms. The van der Waals surface area contributed by atoms with Gasteiger partial charge in [0.1, 0.15) is 5.76 Å². The van der Waals surface area contributed by atoms with Crippen LogP contribution in [0.3, 0.4) is 0 Å². The van der Waals surface area contributed by atoms with Gasteiger partial charge in [-0.2, -0.15) is 0 Å². The quantitative estimate of drug-likeness (QED) is 0.910. The second-order valence-electron chi connectivity index (χ2n) is 6.20. The highest BCUT2D eigenvalue weighted by atomic mass is 16.3. The van der Waals surface area contributed by atoms with Gasteiger partial charge in [-0.15, -0.1) is 0 Å². The maximum atomic E-state index is 12.4. The highest BCUT2D eigenvalue weighted by Crippen LogP contribution is 2.24. The van der Waals surface area contributed by atoms with Crippen LogP contribution in [0.25, 0.3) is 0 Å². The molecule has 1 fully saturated rings. The lowest BCUT2D eigenvalue weighted by molar-refractivity contribution is 0.0913. The lowest BCUT2D eigenvalue weighted by Crippen LogP contribution is -2.40. The Morgan fingerprint density at radius 1 is 1.25 bits per heavy atom. The summed E-state index contributed by atoms with van der Waals surface area (Å²) in [4.78, 5) is 26.2. The third kappa shape index (κ3) is 3.76. The van der Waals surface area contributed by atoms with Crippen molar-refractivity contribution in [3.05, 3.63) is 58.4 Å². The van der Waals surface area contributed by atoms with Gasteiger partial charge in [-0.05, 0) is 44.1 Å². The summed E-state index contributed by atoms with van der Waals surface area (Å²) in [5.41, 5.74) is 0.349. The monoisotopic (exact) mass is 329 g/mol. The number of pyridine rings is 1. The molecule has 24 heavy (non-hydrogen) atoms. The van der Waals surface area contributed by atoms with Crippen molar-refractivity contribution in [2.75, 3.05) is 19.6 Å². The molecule has 0 bridgehead atoms. The van der Waals surface area contributed by atoms with Crippen LogP contribution in [0.1, 0.15) is 41.4 Å². The van der Waals surface area contributed by atoms with Gasteiger partial charge in [0.15, 0.2) is 0 Å². The normalized spacial score (nSPS) is 16.7. The summed E-state index contributed by atoms with van der Waals surface area (Å²) in [5, 5.41) is 2.98. The maximum Gasteiger partial charge on any atom is 0.252 e. The molecule has 1 N–H and O–H groups in total. The van der Waals surface area contributed by atoms with Crippen LogP contribution < -0.4 is 10.9 Å². The Morgan fingerprint density at radius 3 is 2.71 bits per heavy atom. The van der Waals surface area contributed by atoms with Crippen molar-refractivity contribution in [2.24, 2.45) is 7.05 Å². The summed E-state index contributed by atoms with van der Waals surface area (Å²) < 4.78 is 6.99. The molecule has 0 aromatic carbocycles. The summed E-state index contributed by atoms with van der Waals surface area (Å²) >= 11 is 0. The van der Waals surface area contributed by atoms with E-state index in [1.165, 1.54) is 29.9 Å². The molecular formula is C18H23N3O3. The van der Waals surface area contributed by atoms with E-state index < -0.39 is 0 Å². The van der Waals surface area contributed by atoms with Gasteiger partial charge in [0.2, 0.25) is 5.56 Å². The second-order valence-corrected chi connectivity index (χ2v) is 6.20. The molecule has 1 amide bonds. The molecule has 1 atom stereocenters. The van der Waals surface area contributed by atoms with Gasteiger partial charge < -0.3 is 14.3 Å². The Hall–Kier alpha value is -2.34. The van der Waals surface area contributed by atoms with Gasteiger partial charge in [0, 0.05) is 25.9 Å². The largest absolute Gasteiger partial charge is 0.468 e. The van der Waals surface area contributed by atoms with Crippen molar-refractivity contribution < 1.29 is 9.21 Å². The van der Waals surface area contributed by atoms with Gasteiger partial charge in [0.05, 0.1) is 17.9 Å². The van der Waals surface area contributed by atoms with Crippen LogP contribution in [0.5, 0.6) is 0 Å². The molecular weight excluding hydrogens is 306 g/mol. The topological polar surface area (TPSA) is 67.5 Å². The number of rotatable bonds is 5. The molecule has 3 heterocycles.